The van der Waals surface area contributed by atoms with Crippen molar-refractivity contribution in [3.63, 3.8) is 0 Å². The van der Waals surface area contributed by atoms with Crippen LogP contribution in [0.1, 0.15) is 48.4 Å². The molecule has 1 fully saturated rings. The third kappa shape index (κ3) is 13.5. The highest BCUT2D eigenvalue weighted by molar-refractivity contribution is 8.00. The molecule has 0 amide bonds. The second kappa shape index (κ2) is 22.8. The minimum Gasteiger partial charge on any atom is -0.462 e. The van der Waals surface area contributed by atoms with Gasteiger partial charge in [-0.05, 0) is 72.8 Å². The van der Waals surface area contributed by atoms with Crippen LogP contribution in [0.5, 0.6) is 0 Å². The Balaban J connectivity index is 0.000000265. The number of benzene rings is 4. The number of halogens is 10. The number of thioether (sulfide) groups is 1. The minimum absolute atomic E-state index is 0.00391. The number of alkyl halides is 2. The molecule has 1 N–H and O–H groups in total. The maximum Gasteiger partial charge on any atom is 0.340 e. The lowest BCUT2D eigenvalue weighted by molar-refractivity contribution is -0.117. The number of hydrogen-bond donors (Lipinski definition) is 1. The van der Waals surface area contributed by atoms with Crippen molar-refractivity contribution in [3.8, 4) is 0 Å². The van der Waals surface area contributed by atoms with E-state index in [-0.39, 0.29) is 61.8 Å². The second-order valence-corrected chi connectivity index (χ2v) is 17.2. The van der Waals surface area contributed by atoms with E-state index in [4.69, 9.17) is 112 Å². The Bertz CT molecular complexity index is 2240. The molecule has 10 nitrogen and oxygen atoms in total. The van der Waals surface area contributed by atoms with Gasteiger partial charge in [0.1, 0.15) is 18.1 Å². The van der Waals surface area contributed by atoms with E-state index in [1.165, 1.54) is 79.7 Å². The first-order valence-electron chi connectivity index (χ1n) is 16.9. The molecule has 0 radical (unpaired) electrons. The zero-order valence-corrected chi connectivity index (χ0v) is 37.1. The second-order valence-electron chi connectivity index (χ2n) is 12.5. The molecule has 7 atom stereocenters. The molecule has 320 valence electrons. The van der Waals surface area contributed by atoms with Gasteiger partial charge in [-0.1, -0.05) is 99.7 Å². The number of aldehydes is 1. The van der Waals surface area contributed by atoms with Crippen LogP contribution in [0.15, 0.2) is 72.8 Å². The fourth-order valence-corrected chi connectivity index (χ4v) is 8.27. The number of carbonyl (C=O) groups is 5. The molecule has 60 heavy (non-hydrogen) atoms. The van der Waals surface area contributed by atoms with Gasteiger partial charge in [0.05, 0.1) is 54.2 Å². The SMILES string of the molecule is C[C@@H](COC(=O)c1ccc(Cl)cc1Cl)[C@@H](OC(=O)c1ccc(Cl)cc1Cl)[C@H](F)C=O.O=C(OC[C@H]1SC(O)[C@@H](F)[C@@H]1OC(=O)c1ccc(Cl)cc1Cl)c1ccc(Cl)cc1Cl. The van der Waals surface area contributed by atoms with E-state index in [0.717, 1.165) is 11.8 Å². The molecule has 1 aliphatic heterocycles. The first-order chi connectivity index (χ1) is 28.3. The standard InChI is InChI=1S/C20H15Cl4FO5.C19H13Cl4FO5S/c1-10(9-29-19(27)13-4-2-11(21)6-15(13)23)18(17(25)8-26)30-20(28)14-5-3-12(22)7-16(14)24;20-8-1-3-10(12(22)5-8)17(25)28-7-14-16(15(24)19(27)30-14)29-18(26)11-4-2-9(21)6-13(11)23/h2-8,10,17-18H,9H2,1H3;1-6,14-16,19,27H,7H2/t10-,17+,18+;14-,15+,16-,19?/m01/s1. The quantitative estimate of drug-likeness (QED) is 0.0777. The van der Waals surface area contributed by atoms with Crippen LogP contribution < -0.4 is 0 Å². The van der Waals surface area contributed by atoms with E-state index in [2.05, 4.69) is 0 Å². The Morgan fingerprint density at radius 3 is 1.50 bits per heavy atom. The molecule has 0 bridgehead atoms. The van der Waals surface area contributed by atoms with E-state index >= 15 is 0 Å². The van der Waals surface area contributed by atoms with Crippen molar-refractivity contribution < 1.29 is 56.8 Å². The largest absolute Gasteiger partial charge is 0.462 e. The van der Waals surface area contributed by atoms with Crippen molar-refractivity contribution in [2.45, 2.75) is 42.2 Å². The van der Waals surface area contributed by atoms with Crippen molar-refractivity contribution in [3.05, 3.63) is 135 Å². The number of rotatable bonds is 13. The molecule has 1 unspecified atom stereocenters. The lowest BCUT2D eigenvalue weighted by atomic mass is 10.0. The average Bonchev–Trinajstić information content (AvgIpc) is 3.45. The summed E-state index contributed by atoms with van der Waals surface area (Å²) in [7, 11) is 0. The Kier molecular flexibility index (Phi) is 18.9. The predicted molar refractivity (Wildman–Crippen MR) is 227 cm³/mol. The summed E-state index contributed by atoms with van der Waals surface area (Å²) in [5, 5.41) is 10.5. The number of carbonyl (C=O) groups excluding carboxylic acids is 5. The normalized spacial score (nSPS) is 18.5. The Morgan fingerprint density at radius 2 is 1.08 bits per heavy atom. The maximum absolute atomic E-state index is 14.4. The van der Waals surface area contributed by atoms with Gasteiger partial charge in [0, 0.05) is 26.0 Å². The molecular formula is C39H28Cl8F2O10S. The van der Waals surface area contributed by atoms with E-state index in [1.54, 1.807) is 0 Å². The molecular weight excluding hydrogens is 982 g/mol. The third-order valence-corrected chi connectivity index (χ3v) is 11.7. The van der Waals surface area contributed by atoms with E-state index in [0.29, 0.717) is 20.1 Å². The first-order valence-corrected chi connectivity index (χ1v) is 20.9. The summed E-state index contributed by atoms with van der Waals surface area (Å²) in [5.41, 5.74) is -1.39. The highest BCUT2D eigenvalue weighted by Crippen LogP contribution is 2.38. The number of hydrogen-bond acceptors (Lipinski definition) is 11. The van der Waals surface area contributed by atoms with Gasteiger partial charge in [-0.15, -0.1) is 11.8 Å². The zero-order chi connectivity index (χ0) is 44.4. The Hall–Kier alpha value is -3.08. The monoisotopic (exact) mass is 1010 g/mol. The molecule has 4 aromatic carbocycles. The highest BCUT2D eigenvalue weighted by atomic mass is 35.5. The number of esters is 4. The van der Waals surface area contributed by atoms with Crippen molar-refractivity contribution in [2.75, 3.05) is 13.2 Å². The van der Waals surface area contributed by atoms with E-state index < -0.39 is 65.0 Å². The van der Waals surface area contributed by atoms with Gasteiger partial charge in [0.25, 0.3) is 0 Å². The van der Waals surface area contributed by atoms with Gasteiger partial charge in [0.15, 0.2) is 24.7 Å². The van der Waals surface area contributed by atoms with Crippen LogP contribution in [0.2, 0.25) is 40.2 Å². The summed E-state index contributed by atoms with van der Waals surface area (Å²) in [4.78, 5) is 60.3. The molecule has 5 rings (SSSR count). The lowest BCUT2D eigenvalue weighted by Crippen LogP contribution is -2.37. The highest BCUT2D eigenvalue weighted by Gasteiger charge is 2.47. The zero-order valence-electron chi connectivity index (χ0n) is 30.3. The van der Waals surface area contributed by atoms with Crippen molar-refractivity contribution in [1.29, 1.82) is 0 Å². The molecule has 21 heteroatoms. The van der Waals surface area contributed by atoms with Gasteiger partial charge in [-0.25, -0.2) is 28.0 Å². The molecule has 1 aliphatic rings. The van der Waals surface area contributed by atoms with Gasteiger partial charge in [-0.3, -0.25) is 4.79 Å². The van der Waals surface area contributed by atoms with E-state index in [9.17, 15) is 37.9 Å². The van der Waals surface area contributed by atoms with Crippen LogP contribution in [-0.4, -0.2) is 83.7 Å². The average molecular weight is 1010 g/mol. The number of ether oxygens (including phenoxy) is 4. The smallest absolute Gasteiger partial charge is 0.340 e. The van der Waals surface area contributed by atoms with Crippen molar-refractivity contribution in [1.82, 2.24) is 0 Å². The van der Waals surface area contributed by atoms with Crippen LogP contribution >= 0.6 is 105 Å². The molecule has 0 spiro atoms. The Morgan fingerprint density at radius 1 is 0.683 bits per heavy atom. The van der Waals surface area contributed by atoms with Gasteiger partial charge in [-0.2, -0.15) is 0 Å². The van der Waals surface area contributed by atoms with Crippen LogP contribution in [0.25, 0.3) is 0 Å². The van der Waals surface area contributed by atoms with Crippen LogP contribution in [0.3, 0.4) is 0 Å². The molecule has 0 saturated carbocycles. The molecule has 0 aliphatic carbocycles. The number of aliphatic hydroxyl groups is 1. The molecule has 1 saturated heterocycles. The fraction of sp³-hybridized carbons (Fsp3) is 0.256. The topological polar surface area (TPSA) is 143 Å². The maximum atomic E-state index is 14.4. The van der Waals surface area contributed by atoms with E-state index in [1.807, 2.05) is 0 Å². The van der Waals surface area contributed by atoms with Gasteiger partial charge >= 0.3 is 23.9 Å². The summed E-state index contributed by atoms with van der Waals surface area (Å²) in [6, 6.07) is 16.6. The van der Waals surface area contributed by atoms with Crippen LogP contribution in [0, 0.1) is 5.92 Å². The molecule has 0 aromatic heterocycles. The number of aliphatic hydroxyl groups excluding tert-OH is 1. The summed E-state index contributed by atoms with van der Waals surface area (Å²) in [6.45, 7) is 0.777. The first kappa shape index (κ1) is 49.6. The summed E-state index contributed by atoms with van der Waals surface area (Å²) >= 11 is 47.8. The van der Waals surface area contributed by atoms with Crippen LogP contribution in [0.4, 0.5) is 8.78 Å². The summed E-state index contributed by atoms with van der Waals surface area (Å²) in [6.07, 6.45) is -6.91. The lowest BCUT2D eigenvalue weighted by Gasteiger charge is -2.24. The fourth-order valence-electron chi connectivity index (χ4n) is 5.16. The predicted octanol–water partition coefficient (Wildman–Crippen LogP) is 11.3. The summed E-state index contributed by atoms with van der Waals surface area (Å²) in [5.74, 6) is -4.26. The third-order valence-electron chi connectivity index (χ3n) is 8.22. The molecule has 1 heterocycles. The van der Waals surface area contributed by atoms with Gasteiger partial charge in [0.2, 0.25) is 0 Å². The van der Waals surface area contributed by atoms with Gasteiger partial charge < -0.3 is 24.1 Å². The Labute approximate surface area is 385 Å². The molecule has 4 aromatic rings. The minimum atomic E-state index is -2.15. The summed E-state index contributed by atoms with van der Waals surface area (Å²) < 4.78 is 49.3. The van der Waals surface area contributed by atoms with Crippen molar-refractivity contribution in [2.24, 2.45) is 5.92 Å². The van der Waals surface area contributed by atoms with Crippen molar-refractivity contribution >= 4 is 135 Å². The van der Waals surface area contributed by atoms with Crippen LogP contribution in [-0.2, 0) is 23.7 Å².